The van der Waals surface area contributed by atoms with E-state index in [0.717, 1.165) is 11.4 Å². The normalized spacial score (nSPS) is 26.0. The van der Waals surface area contributed by atoms with Gasteiger partial charge in [0.1, 0.15) is 0 Å². The Morgan fingerprint density at radius 2 is 2.20 bits per heavy atom. The topological polar surface area (TPSA) is 35.8 Å². The lowest BCUT2D eigenvalue weighted by atomic mass is 10.2. The van der Waals surface area contributed by atoms with E-state index in [9.17, 15) is 5.21 Å². The first kappa shape index (κ1) is 7.28. The quantitative estimate of drug-likeness (QED) is 0.552. The van der Waals surface area contributed by atoms with E-state index in [2.05, 4.69) is 4.99 Å². The molecule has 0 aromatic carbocycles. The predicted molar refractivity (Wildman–Crippen MR) is 40.0 cm³/mol. The summed E-state index contributed by atoms with van der Waals surface area (Å²) in [5.74, 6) is 0. The molecular formula is C7H12N2O. The standard InChI is InChI=1S/C7H12N2O/c1-5-4-9(10)7(3)6(2)8-5/h4,7,10H,1-3H3. The van der Waals surface area contributed by atoms with E-state index in [4.69, 9.17) is 0 Å². The summed E-state index contributed by atoms with van der Waals surface area (Å²) in [7, 11) is 0. The minimum atomic E-state index is 0.0173. The van der Waals surface area contributed by atoms with E-state index in [0.29, 0.717) is 0 Å². The molecule has 1 unspecified atom stereocenters. The van der Waals surface area contributed by atoms with Crippen LogP contribution in [0.5, 0.6) is 0 Å². The van der Waals surface area contributed by atoms with Crippen LogP contribution < -0.4 is 0 Å². The lowest BCUT2D eigenvalue weighted by Gasteiger charge is -2.24. The van der Waals surface area contributed by atoms with Crippen molar-refractivity contribution < 1.29 is 5.21 Å². The van der Waals surface area contributed by atoms with Gasteiger partial charge in [-0.25, -0.2) is 0 Å². The molecule has 0 aliphatic carbocycles. The van der Waals surface area contributed by atoms with Gasteiger partial charge < -0.3 is 0 Å². The van der Waals surface area contributed by atoms with Crippen molar-refractivity contribution in [3.63, 3.8) is 0 Å². The Hall–Kier alpha value is -0.830. The van der Waals surface area contributed by atoms with Crippen molar-refractivity contribution in [2.75, 3.05) is 0 Å². The molecule has 3 heteroatoms. The summed E-state index contributed by atoms with van der Waals surface area (Å²) < 4.78 is 0. The summed E-state index contributed by atoms with van der Waals surface area (Å²) in [6.45, 7) is 5.67. The van der Waals surface area contributed by atoms with Gasteiger partial charge in [-0.05, 0) is 20.8 Å². The van der Waals surface area contributed by atoms with Crippen LogP contribution in [-0.2, 0) is 0 Å². The molecule has 0 bridgehead atoms. The molecular weight excluding hydrogens is 128 g/mol. The van der Waals surface area contributed by atoms with E-state index in [1.807, 2.05) is 20.8 Å². The van der Waals surface area contributed by atoms with Crippen LogP contribution in [0.3, 0.4) is 0 Å². The molecule has 1 rings (SSSR count). The lowest BCUT2D eigenvalue weighted by Crippen LogP contribution is -2.33. The second-order valence-electron chi connectivity index (χ2n) is 2.58. The number of hydrogen-bond acceptors (Lipinski definition) is 3. The van der Waals surface area contributed by atoms with E-state index in [-0.39, 0.29) is 6.04 Å². The maximum absolute atomic E-state index is 9.19. The molecule has 1 atom stereocenters. The summed E-state index contributed by atoms with van der Waals surface area (Å²) in [6.07, 6.45) is 1.62. The van der Waals surface area contributed by atoms with Crippen LogP contribution in [0.1, 0.15) is 20.8 Å². The SMILES string of the molecule is CC1=CN(O)C(C)C(C)=N1. The molecule has 0 radical (unpaired) electrons. The van der Waals surface area contributed by atoms with Crippen LogP contribution in [0.4, 0.5) is 0 Å². The average Bonchev–Trinajstić information content (AvgIpc) is 1.82. The van der Waals surface area contributed by atoms with Gasteiger partial charge in [-0.2, -0.15) is 0 Å². The van der Waals surface area contributed by atoms with Crippen molar-refractivity contribution in [1.29, 1.82) is 0 Å². The minimum Gasteiger partial charge on any atom is -0.288 e. The minimum absolute atomic E-state index is 0.0173. The first-order chi connectivity index (χ1) is 4.61. The summed E-state index contributed by atoms with van der Waals surface area (Å²) >= 11 is 0. The molecule has 10 heavy (non-hydrogen) atoms. The molecule has 1 N–H and O–H groups in total. The molecule has 0 saturated heterocycles. The maximum Gasteiger partial charge on any atom is 0.0907 e. The molecule has 0 aromatic rings. The third-order valence-corrected chi connectivity index (χ3v) is 1.67. The van der Waals surface area contributed by atoms with Gasteiger partial charge in [-0.15, -0.1) is 0 Å². The van der Waals surface area contributed by atoms with Gasteiger partial charge in [0.05, 0.1) is 11.7 Å². The number of aliphatic imine (C=N–C) groups is 1. The zero-order valence-corrected chi connectivity index (χ0v) is 6.50. The van der Waals surface area contributed by atoms with Gasteiger partial charge >= 0.3 is 0 Å². The van der Waals surface area contributed by atoms with Gasteiger partial charge in [-0.1, -0.05) is 0 Å². The number of hydroxylamine groups is 2. The van der Waals surface area contributed by atoms with Crippen molar-refractivity contribution in [2.24, 2.45) is 4.99 Å². The van der Waals surface area contributed by atoms with Crippen LogP contribution in [0.25, 0.3) is 0 Å². The summed E-state index contributed by atoms with van der Waals surface area (Å²) in [4.78, 5) is 4.19. The fourth-order valence-electron chi connectivity index (χ4n) is 0.895. The molecule has 56 valence electrons. The largest absolute Gasteiger partial charge is 0.288 e. The molecule has 1 aliphatic heterocycles. The van der Waals surface area contributed by atoms with Gasteiger partial charge in [0, 0.05) is 11.9 Å². The Labute approximate surface area is 60.6 Å². The molecule has 0 fully saturated rings. The highest BCUT2D eigenvalue weighted by molar-refractivity contribution is 5.88. The zero-order valence-electron chi connectivity index (χ0n) is 6.50. The second-order valence-corrected chi connectivity index (χ2v) is 2.58. The third-order valence-electron chi connectivity index (χ3n) is 1.67. The highest BCUT2D eigenvalue weighted by Crippen LogP contribution is 2.10. The first-order valence-electron chi connectivity index (χ1n) is 3.32. The van der Waals surface area contributed by atoms with E-state index < -0.39 is 0 Å². The monoisotopic (exact) mass is 140 g/mol. The lowest BCUT2D eigenvalue weighted by molar-refractivity contribution is -0.0560. The molecule has 3 nitrogen and oxygen atoms in total. The van der Waals surface area contributed by atoms with Crippen LogP contribution >= 0.6 is 0 Å². The third kappa shape index (κ3) is 1.19. The molecule has 0 aromatic heterocycles. The van der Waals surface area contributed by atoms with Crippen LogP contribution in [0.2, 0.25) is 0 Å². The fraction of sp³-hybridized carbons (Fsp3) is 0.571. The van der Waals surface area contributed by atoms with Crippen LogP contribution in [-0.4, -0.2) is 22.0 Å². The van der Waals surface area contributed by atoms with Gasteiger partial charge in [0.15, 0.2) is 0 Å². The first-order valence-corrected chi connectivity index (χ1v) is 3.32. The molecule has 0 spiro atoms. The molecule has 1 heterocycles. The van der Waals surface area contributed by atoms with Gasteiger partial charge in [0.2, 0.25) is 0 Å². The highest BCUT2D eigenvalue weighted by atomic mass is 16.5. The zero-order chi connectivity index (χ0) is 7.72. The van der Waals surface area contributed by atoms with Crippen molar-refractivity contribution in [1.82, 2.24) is 5.06 Å². The van der Waals surface area contributed by atoms with E-state index in [1.165, 1.54) is 5.06 Å². The fourth-order valence-corrected chi connectivity index (χ4v) is 0.895. The Morgan fingerprint density at radius 1 is 1.60 bits per heavy atom. The van der Waals surface area contributed by atoms with Crippen molar-refractivity contribution in [3.05, 3.63) is 11.9 Å². The molecule has 0 amide bonds. The number of nitrogens with zero attached hydrogens (tertiary/aromatic N) is 2. The Kier molecular flexibility index (Phi) is 1.76. The second kappa shape index (κ2) is 2.42. The van der Waals surface area contributed by atoms with Crippen molar-refractivity contribution >= 4 is 5.71 Å². The van der Waals surface area contributed by atoms with E-state index in [1.54, 1.807) is 6.20 Å². The number of allylic oxidation sites excluding steroid dienone is 1. The van der Waals surface area contributed by atoms with E-state index >= 15 is 0 Å². The summed E-state index contributed by atoms with van der Waals surface area (Å²) in [5, 5.41) is 10.4. The Bertz CT molecular complexity index is 196. The number of hydrogen-bond donors (Lipinski definition) is 1. The average molecular weight is 140 g/mol. The Morgan fingerprint density at radius 3 is 2.70 bits per heavy atom. The Balaban J connectivity index is 2.85. The number of rotatable bonds is 0. The highest BCUT2D eigenvalue weighted by Gasteiger charge is 2.14. The molecule has 1 aliphatic rings. The van der Waals surface area contributed by atoms with Crippen molar-refractivity contribution in [3.8, 4) is 0 Å². The maximum atomic E-state index is 9.19. The summed E-state index contributed by atoms with van der Waals surface area (Å²) in [6, 6.07) is 0.0173. The smallest absolute Gasteiger partial charge is 0.0907 e. The predicted octanol–water partition coefficient (Wildman–Crippen LogP) is 1.40. The van der Waals surface area contributed by atoms with Crippen molar-refractivity contribution in [2.45, 2.75) is 26.8 Å². The van der Waals surface area contributed by atoms with Gasteiger partial charge in [0.25, 0.3) is 0 Å². The van der Waals surface area contributed by atoms with Crippen LogP contribution in [0, 0.1) is 0 Å². The molecule has 0 saturated carbocycles. The van der Waals surface area contributed by atoms with Gasteiger partial charge in [-0.3, -0.25) is 15.3 Å². The summed E-state index contributed by atoms with van der Waals surface area (Å²) in [5.41, 5.74) is 1.79. The van der Waals surface area contributed by atoms with Crippen LogP contribution in [0.15, 0.2) is 16.9 Å².